The third-order valence-electron chi connectivity index (χ3n) is 6.17. The summed E-state index contributed by atoms with van der Waals surface area (Å²) in [6, 6.07) is 13.1. The molecule has 2 unspecified atom stereocenters. The van der Waals surface area contributed by atoms with Gasteiger partial charge in [0.25, 0.3) is 0 Å². The maximum absolute atomic E-state index is 13.5. The molecule has 1 aromatic carbocycles. The average Bonchev–Trinajstić information content (AvgIpc) is 3.88. The smallest absolute Gasteiger partial charge is 0.393 e. The zero-order valence-electron chi connectivity index (χ0n) is 21.7. The largest absolute Gasteiger partial charge is 0.422 e. The number of nitrogens with zero attached hydrogens (tertiary/aromatic N) is 4. The lowest BCUT2D eigenvalue weighted by Gasteiger charge is -2.22. The topological polar surface area (TPSA) is 143 Å². The fourth-order valence-electron chi connectivity index (χ4n) is 3.81. The number of hydrogen-bond donors (Lipinski definition) is 2. The summed E-state index contributed by atoms with van der Waals surface area (Å²) >= 11 is 0. The van der Waals surface area contributed by atoms with Gasteiger partial charge < -0.3 is 9.05 Å². The lowest BCUT2D eigenvalue weighted by Crippen LogP contribution is -2.23. The van der Waals surface area contributed by atoms with Crippen LogP contribution in [-0.2, 0) is 9.13 Å². The first kappa shape index (κ1) is 28.3. The van der Waals surface area contributed by atoms with E-state index < -0.39 is 15.3 Å². The molecule has 14 heteroatoms. The summed E-state index contributed by atoms with van der Waals surface area (Å²) in [6.07, 6.45) is 6.49. The van der Waals surface area contributed by atoms with Gasteiger partial charge in [0.05, 0.1) is 0 Å². The van der Waals surface area contributed by atoms with Crippen molar-refractivity contribution >= 4 is 26.9 Å². The first-order valence-electron chi connectivity index (χ1n) is 12.9. The van der Waals surface area contributed by atoms with E-state index in [1.54, 1.807) is 70.3 Å². The monoisotopic (exact) mass is 584 g/mol. The standard InChI is InChI=1S/C26H30N6O6P2/c33-25(21-3-1-11-27-19-21)9-13-29-39(35,31-15-16-31)37-23-5-7-24(8-6-23)38-40(36,32-17-18-32)30-14-10-26(34)22-4-2-12-28-20-22/h1-8,11-12,19-20H,9-10,13-18H2,(H,29,35)(H,30,36). The van der Waals surface area contributed by atoms with Crippen LogP contribution in [0.4, 0.5) is 0 Å². The van der Waals surface area contributed by atoms with E-state index in [0.29, 0.717) is 48.8 Å². The molecule has 2 atom stereocenters. The third kappa shape index (κ3) is 7.48. The van der Waals surface area contributed by atoms with Crippen LogP contribution in [0.1, 0.15) is 33.6 Å². The van der Waals surface area contributed by atoms with Crippen LogP contribution in [0.25, 0.3) is 0 Å². The second-order valence-corrected chi connectivity index (χ2v) is 13.5. The number of rotatable bonds is 16. The Balaban J connectivity index is 1.14. The maximum atomic E-state index is 13.5. The highest BCUT2D eigenvalue weighted by atomic mass is 31.2. The maximum Gasteiger partial charge on any atom is 0.393 e. The summed E-state index contributed by atoms with van der Waals surface area (Å²) in [7, 11) is -6.80. The van der Waals surface area contributed by atoms with Crippen molar-refractivity contribution in [3.63, 3.8) is 0 Å². The Morgan fingerprint density at radius 3 is 1.43 bits per heavy atom. The van der Waals surface area contributed by atoms with Crippen molar-refractivity contribution in [1.82, 2.24) is 29.5 Å². The number of carbonyl (C=O) groups is 2. The molecule has 2 aliphatic heterocycles. The summed E-state index contributed by atoms with van der Waals surface area (Å²) in [5.74, 6) is 0.464. The van der Waals surface area contributed by atoms with Gasteiger partial charge in [0.2, 0.25) is 0 Å². The fraction of sp³-hybridized carbons (Fsp3) is 0.308. The molecule has 2 fully saturated rings. The number of hydrogen-bond acceptors (Lipinski definition) is 8. The molecule has 0 spiro atoms. The van der Waals surface area contributed by atoms with Crippen molar-refractivity contribution in [1.29, 1.82) is 0 Å². The van der Waals surface area contributed by atoms with Crippen LogP contribution in [0, 0.1) is 0 Å². The lowest BCUT2D eigenvalue weighted by atomic mass is 10.1. The zero-order valence-corrected chi connectivity index (χ0v) is 23.5. The molecular weight excluding hydrogens is 554 g/mol. The minimum absolute atomic E-state index is 0.106. The van der Waals surface area contributed by atoms with E-state index in [4.69, 9.17) is 9.05 Å². The van der Waals surface area contributed by atoms with Gasteiger partial charge in [-0.15, -0.1) is 0 Å². The molecule has 2 aliphatic rings. The molecule has 3 aromatic rings. The van der Waals surface area contributed by atoms with Crippen molar-refractivity contribution in [3.8, 4) is 11.5 Å². The second kappa shape index (κ2) is 12.5. The average molecular weight is 585 g/mol. The number of aromatic nitrogens is 2. The molecule has 4 heterocycles. The molecule has 12 nitrogen and oxygen atoms in total. The van der Waals surface area contributed by atoms with Crippen molar-refractivity contribution in [3.05, 3.63) is 84.4 Å². The van der Waals surface area contributed by atoms with E-state index in [1.807, 2.05) is 0 Å². The van der Waals surface area contributed by atoms with E-state index in [2.05, 4.69) is 20.1 Å². The number of nitrogens with one attached hydrogen (secondary N) is 2. The van der Waals surface area contributed by atoms with Crippen molar-refractivity contribution in [2.75, 3.05) is 39.3 Å². The van der Waals surface area contributed by atoms with Crippen molar-refractivity contribution in [2.45, 2.75) is 12.8 Å². The van der Waals surface area contributed by atoms with Crippen LogP contribution >= 0.6 is 15.3 Å². The Labute approximate surface area is 232 Å². The minimum Gasteiger partial charge on any atom is -0.422 e. The highest BCUT2D eigenvalue weighted by Gasteiger charge is 2.42. The highest BCUT2D eigenvalue weighted by molar-refractivity contribution is 7.55. The van der Waals surface area contributed by atoms with Crippen LogP contribution in [0.3, 0.4) is 0 Å². The molecule has 210 valence electrons. The molecule has 40 heavy (non-hydrogen) atoms. The van der Waals surface area contributed by atoms with Gasteiger partial charge in [-0.1, -0.05) is 0 Å². The molecule has 0 aliphatic carbocycles. The minimum atomic E-state index is -3.40. The molecular formula is C26H30N6O6P2. The predicted molar refractivity (Wildman–Crippen MR) is 148 cm³/mol. The van der Waals surface area contributed by atoms with E-state index in [9.17, 15) is 18.7 Å². The molecule has 0 saturated carbocycles. The summed E-state index contributed by atoms with van der Waals surface area (Å²) < 4.78 is 42.0. The van der Waals surface area contributed by atoms with Crippen molar-refractivity contribution in [2.24, 2.45) is 0 Å². The van der Waals surface area contributed by atoms with Gasteiger partial charge in [0.15, 0.2) is 11.6 Å². The van der Waals surface area contributed by atoms with E-state index in [-0.39, 0.29) is 37.5 Å². The Morgan fingerprint density at radius 1 is 0.700 bits per heavy atom. The number of Topliss-reactive ketones (excluding diaryl/α,β-unsaturated/α-hetero) is 2. The molecule has 5 rings (SSSR count). The van der Waals surface area contributed by atoms with Gasteiger partial charge in [-0.2, -0.15) is 0 Å². The fourth-order valence-corrected chi connectivity index (χ4v) is 7.40. The van der Waals surface area contributed by atoms with Crippen LogP contribution in [0.2, 0.25) is 0 Å². The summed E-state index contributed by atoms with van der Waals surface area (Å²) in [5, 5.41) is 5.84. The van der Waals surface area contributed by atoms with Crippen LogP contribution in [-0.4, -0.2) is 70.1 Å². The van der Waals surface area contributed by atoms with Gasteiger partial charge >= 0.3 is 15.3 Å². The van der Waals surface area contributed by atoms with Gasteiger partial charge in [0.1, 0.15) is 11.5 Å². The number of pyridine rings is 2. The van der Waals surface area contributed by atoms with Crippen LogP contribution in [0.15, 0.2) is 73.3 Å². The Morgan fingerprint density at radius 2 is 1.10 bits per heavy atom. The Bertz CT molecular complexity index is 1310. The Hall–Kier alpha value is -3.24. The Kier molecular flexibility index (Phi) is 8.85. The van der Waals surface area contributed by atoms with Gasteiger partial charge in [-0.25, -0.2) is 28.6 Å². The van der Waals surface area contributed by atoms with Gasteiger partial charge in [0, 0.05) is 88.0 Å². The summed E-state index contributed by atoms with van der Waals surface area (Å²) in [4.78, 5) is 32.6. The SMILES string of the molecule is O=C(CCNP(=O)(Oc1ccc(OP(=O)(NCCC(=O)c2cccnc2)N2CC2)cc1)N1CC1)c1cccnc1. The van der Waals surface area contributed by atoms with Crippen LogP contribution in [0.5, 0.6) is 11.5 Å². The molecule has 0 radical (unpaired) electrons. The van der Waals surface area contributed by atoms with E-state index in [0.717, 1.165) is 0 Å². The second-order valence-electron chi connectivity index (χ2n) is 9.25. The predicted octanol–water partition coefficient (Wildman–Crippen LogP) is 3.81. The quantitative estimate of drug-likeness (QED) is 0.144. The summed E-state index contributed by atoms with van der Waals surface area (Å²) in [6.45, 7) is 2.84. The first-order chi connectivity index (χ1) is 19.3. The normalized spacial score (nSPS) is 17.8. The van der Waals surface area contributed by atoms with Gasteiger partial charge in [-0.05, 0) is 48.5 Å². The molecule has 2 saturated heterocycles. The first-order valence-corrected chi connectivity index (χ1v) is 16.1. The van der Waals surface area contributed by atoms with Crippen LogP contribution < -0.4 is 19.2 Å². The number of benzene rings is 1. The van der Waals surface area contributed by atoms with Crippen molar-refractivity contribution < 1.29 is 27.8 Å². The number of ketones is 2. The van der Waals surface area contributed by atoms with E-state index in [1.165, 1.54) is 12.4 Å². The zero-order chi connectivity index (χ0) is 28.0. The molecule has 0 bridgehead atoms. The molecule has 2 aromatic heterocycles. The van der Waals surface area contributed by atoms with E-state index >= 15 is 0 Å². The molecule has 0 amide bonds. The lowest BCUT2D eigenvalue weighted by molar-refractivity contribution is 0.0975. The highest BCUT2D eigenvalue weighted by Crippen LogP contribution is 2.53. The summed E-state index contributed by atoms with van der Waals surface area (Å²) in [5.41, 5.74) is 0.994. The molecule has 2 N–H and O–H groups in total. The third-order valence-corrected chi connectivity index (χ3v) is 10.6. The van der Waals surface area contributed by atoms with Gasteiger partial charge in [-0.3, -0.25) is 19.6 Å². The number of carbonyl (C=O) groups excluding carboxylic acids is 2.